The van der Waals surface area contributed by atoms with Crippen molar-refractivity contribution >= 4 is 27.5 Å². The molecule has 158 valence electrons. The number of nitrogens with zero attached hydrogens (tertiary/aromatic N) is 1. The zero-order valence-electron chi connectivity index (χ0n) is 15.7. The van der Waals surface area contributed by atoms with Gasteiger partial charge in [0.2, 0.25) is 15.9 Å². The highest BCUT2D eigenvalue weighted by molar-refractivity contribution is 7.89. The fourth-order valence-electron chi connectivity index (χ4n) is 2.73. The summed E-state index contributed by atoms with van der Waals surface area (Å²) in [5.74, 6) is -0.319. The van der Waals surface area contributed by atoms with Gasteiger partial charge in [0.05, 0.1) is 17.4 Å². The predicted octanol–water partition coefficient (Wildman–Crippen LogP) is -0.825. The van der Waals surface area contributed by atoms with E-state index in [1.807, 2.05) is 19.0 Å². The molecule has 4 atom stereocenters. The van der Waals surface area contributed by atoms with E-state index < -0.39 is 34.4 Å². The van der Waals surface area contributed by atoms with Gasteiger partial charge in [0.1, 0.15) is 18.3 Å². The van der Waals surface area contributed by atoms with Crippen LogP contribution in [-0.2, 0) is 19.6 Å². The van der Waals surface area contributed by atoms with Crippen LogP contribution < -0.4 is 10.0 Å². The SMILES string of the molecule is CN(C)CCNC(=O)C[C@@H]1O[C@H](CNS(=O)(=O)c2ccc(Cl)cc2)[C@@H](O)[C@@H]1O. The lowest BCUT2D eigenvalue weighted by atomic mass is 10.1. The van der Waals surface area contributed by atoms with Gasteiger partial charge >= 0.3 is 0 Å². The molecule has 0 radical (unpaired) electrons. The van der Waals surface area contributed by atoms with Crippen LogP contribution in [0, 0.1) is 0 Å². The van der Waals surface area contributed by atoms with Gasteiger partial charge in [0.15, 0.2) is 0 Å². The van der Waals surface area contributed by atoms with Crippen molar-refractivity contribution in [3.63, 3.8) is 0 Å². The molecule has 0 bridgehead atoms. The monoisotopic (exact) mass is 435 g/mol. The molecule has 1 amide bonds. The molecule has 1 aromatic rings. The number of ether oxygens (including phenoxy) is 1. The van der Waals surface area contributed by atoms with Crippen LogP contribution >= 0.6 is 11.6 Å². The van der Waals surface area contributed by atoms with E-state index in [0.717, 1.165) is 0 Å². The number of nitrogens with one attached hydrogen (secondary N) is 2. The summed E-state index contributed by atoms with van der Waals surface area (Å²) < 4.78 is 32.4. The third-order valence-corrected chi connectivity index (χ3v) is 6.02. The lowest BCUT2D eigenvalue weighted by Gasteiger charge is -2.16. The molecule has 0 aliphatic carbocycles. The molecule has 1 aromatic carbocycles. The van der Waals surface area contributed by atoms with Gasteiger partial charge in [-0.25, -0.2) is 13.1 Å². The number of likely N-dealkylation sites (N-methyl/N-ethyl adjacent to an activating group) is 1. The number of benzene rings is 1. The molecular formula is C17H26ClN3O6S. The molecule has 0 unspecified atom stereocenters. The number of aliphatic hydroxyl groups is 2. The highest BCUT2D eigenvalue weighted by atomic mass is 35.5. The summed E-state index contributed by atoms with van der Waals surface area (Å²) in [6.07, 6.45) is -4.63. The van der Waals surface area contributed by atoms with Crippen molar-refractivity contribution in [1.29, 1.82) is 0 Å². The second-order valence-corrected chi connectivity index (χ2v) is 9.06. The van der Waals surface area contributed by atoms with E-state index in [-0.39, 0.29) is 23.8 Å². The number of rotatable bonds is 9. The first-order valence-electron chi connectivity index (χ1n) is 8.78. The first-order valence-corrected chi connectivity index (χ1v) is 10.6. The van der Waals surface area contributed by atoms with Crippen LogP contribution in [0.1, 0.15) is 6.42 Å². The Labute approximate surface area is 169 Å². The summed E-state index contributed by atoms with van der Waals surface area (Å²) in [6.45, 7) is 0.862. The second-order valence-electron chi connectivity index (χ2n) is 6.86. The Kier molecular flexibility index (Phi) is 8.19. The van der Waals surface area contributed by atoms with Crippen molar-refractivity contribution in [2.45, 2.75) is 35.7 Å². The number of halogens is 1. The molecule has 11 heteroatoms. The van der Waals surface area contributed by atoms with Crippen molar-refractivity contribution < 1.29 is 28.2 Å². The minimum atomic E-state index is -3.83. The van der Waals surface area contributed by atoms with Crippen molar-refractivity contribution in [3.05, 3.63) is 29.3 Å². The fraction of sp³-hybridized carbons (Fsp3) is 0.588. The van der Waals surface area contributed by atoms with Gasteiger partial charge < -0.3 is 25.2 Å². The van der Waals surface area contributed by atoms with Crippen LogP contribution in [0.2, 0.25) is 5.02 Å². The minimum absolute atomic E-state index is 0.0155. The van der Waals surface area contributed by atoms with E-state index in [4.69, 9.17) is 16.3 Å². The zero-order chi connectivity index (χ0) is 20.9. The maximum Gasteiger partial charge on any atom is 0.240 e. The molecule has 0 saturated carbocycles. The van der Waals surface area contributed by atoms with Crippen molar-refractivity contribution in [3.8, 4) is 0 Å². The summed E-state index contributed by atoms with van der Waals surface area (Å²) in [5, 5.41) is 23.3. The minimum Gasteiger partial charge on any atom is -0.388 e. The summed E-state index contributed by atoms with van der Waals surface area (Å²) >= 11 is 5.75. The Bertz CT molecular complexity index is 759. The second kappa shape index (κ2) is 9.97. The first-order chi connectivity index (χ1) is 13.1. The van der Waals surface area contributed by atoms with Crippen LogP contribution in [0.4, 0.5) is 0 Å². The highest BCUT2D eigenvalue weighted by Crippen LogP contribution is 2.24. The lowest BCUT2D eigenvalue weighted by Crippen LogP contribution is -2.40. The van der Waals surface area contributed by atoms with Crippen LogP contribution in [0.25, 0.3) is 0 Å². The fourth-order valence-corrected chi connectivity index (χ4v) is 3.90. The number of hydrogen-bond donors (Lipinski definition) is 4. The summed E-state index contributed by atoms with van der Waals surface area (Å²) in [7, 11) is -0.0774. The first kappa shape index (κ1) is 23.0. The van der Waals surface area contributed by atoms with Crippen molar-refractivity contribution in [1.82, 2.24) is 14.9 Å². The number of carbonyl (C=O) groups is 1. The van der Waals surface area contributed by atoms with E-state index in [1.54, 1.807) is 0 Å². The van der Waals surface area contributed by atoms with Gasteiger partial charge in [0.25, 0.3) is 0 Å². The lowest BCUT2D eigenvalue weighted by molar-refractivity contribution is -0.125. The molecule has 1 saturated heterocycles. The maximum absolute atomic E-state index is 12.3. The number of hydrogen-bond acceptors (Lipinski definition) is 7. The summed E-state index contributed by atoms with van der Waals surface area (Å²) in [6, 6.07) is 5.61. The molecule has 1 heterocycles. The van der Waals surface area contributed by atoms with Gasteiger partial charge in [-0.15, -0.1) is 0 Å². The number of carbonyl (C=O) groups excluding carboxylic acids is 1. The van der Waals surface area contributed by atoms with Crippen LogP contribution in [0.15, 0.2) is 29.2 Å². The quantitative estimate of drug-likeness (QED) is 0.398. The summed E-state index contributed by atoms with van der Waals surface area (Å²) in [4.78, 5) is 13.9. The Morgan fingerprint density at radius 3 is 2.39 bits per heavy atom. The van der Waals surface area contributed by atoms with E-state index in [9.17, 15) is 23.4 Å². The van der Waals surface area contributed by atoms with E-state index in [1.165, 1.54) is 24.3 Å². The molecule has 2 rings (SSSR count). The molecule has 9 nitrogen and oxygen atoms in total. The third kappa shape index (κ3) is 6.38. The smallest absolute Gasteiger partial charge is 0.240 e. The number of amides is 1. The molecule has 0 spiro atoms. The van der Waals surface area contributed by atoms with E-state index >= 15 is 0 Å². The van der Waals surface area contributed by atoms with Gasteiger partial charge in [-0.05, 0) is 38.4 Å². The molecule has 4 N–H and O–H groups in total. The number of sulfonamides is 1. The zero-order valence-corrected chi connectivity index (χ0v) is 17.3. The Balaban J connectivity index is 1.88. The van der Waals surface area contributed by atoms with Crippen LogP contribution in [0.3, 0.4) is 0 Å². The Morgan fingerprint density at radius 1 is 1.18 bits per heavy atom. The molecular weight excluding hydrogens is 410 g/mol. The van der Waals surface area contributed by atoms with Gasteiger partial charge in [0, 0.05) is 24.7 Å². The summed E-state index contributed by atoms with van der Waals surface area (Å²) in [5.41, 5.74) is 0. The van der Waals surface area contributed by atoms with Crippen molar-refractivity contribution in [2.24, 2.45) is 0 Å². The standard InChI is InChI=1S/C17H26ClN3O6S/c1-21(2)8-7-19-15(22)9-13-16(23)17(24)14(27-13)10-20-28(25,26)12-5-3-11(18)4-6-12/h3-6,13-14,16-17,20,23-24H,7-10H2,1-2H3,(H,19,22)/t13-,14+,16+,17+/m0/s1. The molecule has 0 aromatic heterocycles. The van der Waals surface area contributed by atoms with Crippen molar-refractivity contribution in [2.75, 3.05) is 33.7 Å². The average Bonchev–Trinajstić information content (AvgIpc) is 2.88. The van der Waals surface area contributed by atoms with Gasteiger partial charge in [-0.3, -0.25) is 4.79 Å². The third-order valence-electron chi connectivity index (χ3n) is 4.33. The Hall–Kier alpha value is -1.27. The Morgan fingerprint density at radius 2 is 1.79 bits per heavy atom. The van der Waals surface area contributed by atoms with E-state index in [2.05, 4.69) is 10.0 Å². The molecule has 1 fully saturated rings. The number of aliphatic hydroxyl groups excluding tert-OH is 2. The van der Waals surface area contributed by atoms with Gasteiger partial charge in [-0.1, -0.05) is 11.6 Å². The maximum atomic E-state index is 12.3. The average molecular weight is 436 g/mol. The molecule has 1 aliphatic rings. The topological polar surface area (TPSA) is 128 Å². The van der Waals surface area contributed by atoms with E-state index in [0.29, 0.717) is 18.1 Å². The molecule has 28 heavy (non-hydrogen) atoms. The normalized spacial score (nSPS) is 25.2. The van der Waals surface area contributed by atoms with Gasteiger partial charge in [-0.2, -0.15) is 0 Å². The van der Waals surface area contributed by atoms with Crippen LogP contribution in [0.5, 0.6) is 0 Å². The van der Waals surface area contributed by atoms with Crippen LogP contribution in [-0.4, -0.2) is 87.6 Å². The highest BCUT2D eigenvalue weighted by Gasteiger charge is 2.43. The molecule has 1 aliphatic heterocycles. The largest absolute Gasteiger partial charge is 0.388 e. The predicted molar refractivity (Wildman–Crippen MR) is 103 cm³/mol.